The van der Waals surface area contributed by atoms with Crippen LogP contribution in [-0.4, -0.2) is 37.6 Å². The largest absolute Gasteiger partial charge is 0.452 e. The van der Waals surface area contributed by atoms with Crippen molar-refractivity contribution in [3.8, 4) is 12.3 Å². The fourth-order valence-electron chi connectivity index (χ4n) is 0.970. The van der Waals surface area contributed by atoms with Gasteiger partial charge in [0.2, 0.25) is 0 Å². The lowest BCUT2D eigenvalue weighted by Crippen LogP contribution is -2.23. The number of rotatable bonds is 6. The summed E-state index contributed by atoms with van der Waals surface area (Å²) in [6.07, 6.45) is 6.45. The molecule has 0 N–H and O–H groups in total. The Morgan fingerprint density at radius 3 is 2.77 bits per heavy atom. The van der Waals surface area contributed by atoms with Crippen LogP contribution in [0.1, 0.15) is 19.8 Å². The molecule has 0 saturated carbocycles. The first-order valence-corrected chi connectivity index (χ1v) is 4.48. The quantitative estimate of drug-likeness (QED) is 0.452. The van der Waals surface area contributed by atoms with E-state index in [-0.39, 0.29) is 12.6 Å². The molecule has 0 spiro atoms. The molecule has 0 amide bonds. The Kier molecular flexibility index (Phi) is 7.04. The van der Waals surface area contributed by atoms with Crippen LogP contribution in [0.3, 0.4) is 0 Å². The number of nitrogens with zero attached hydrogens (tertiary/aromatic N) is 1. The van der Waals surface area contributed by atoms with Gasteiger partial charge in [0.15, 0.2) is 6.61 Å². The Hall–Kier alpha value is -1.01. The first kappa shape index (κ1) is 12.0. The van der Waals surface area contributed by atoms with Gasteiger partial charge in [0.05, 0.1) is 6.42 Å². The molecule has 0 aromatic heterocycles. The molecule has 0 fully saturated rings. The molecule has 0 aliphatic rings. The first-order valence-electron chi connectivity index (χ1n) is 4.48. The normalized spacial score (nSPS) is 9.69. The van der Waals surface area contributed by atoms with Gasteiger partial charge in [-0.3, -0.25) is 4.79 Å². The summed E-state index contributed by atoms with van der Waals surface area (Å²) >= 11 is 0. The lowest BCUT2D eigenvalue weighted by Gasteiger charge is -2.13. The molecule has 0 aromatic rings. The van der Waals surface area contributed by atoms with Crippen molar-refractivity contribution in [2.24, 2.45) is 0 Å². The molecule has 0 saturated heterocycles. The molecule has 13 heavy (non-hydrogen) atoms. The van der Waals surface area contributed by atoms with Crippen LogP contribution in [-0.2, 0) is 9.53 Å². The fraction of sp³-hybridized carbons (Fsp3) is 0.700. The predicted molar refractivity (Wildman–Crippen MR) is 52.2 cm³/mol. The Bertz CT molecular complexity index is 184. The smallest absolute Gasteiger partial charge is 0.308 e. The molecule has 0 unspecified atom stereocenters. The van der Waals surface area contributed by atoms with Crippen molar-refractivity contribution >= 4 is 5.97 Å². The predicted octanol–water partition coefficient (Wildman–Crippen LogP) is 0.895. The molecule has 74 valence electrons. The molecule has 0 aromatic carbocycles. The maximum absolute atomic E-state index is 11.0. The number of carbonyl (C=O) groups is 1. The lowest BCUT2D eigenvalue weighted by molar-refractivity contribution is -0.142. The van der Waals surface area contributed by atoms with E-state index in [1.165, 1.54) is 0 Å². The zero-order chi connectivity index (χ0) is 10.1. The topological polar surface area (TPSA) is 29.5 Å². The standard InChI is InChI=1S/C10H17NO2/c1-4-7-11(3)8-6-10(12)13-9-5-2/h2H,4,6-9H2,1,3H3. The van der Waals surface area contributed by atoms with Crippen LogP contribution in [0.25, 0.3) is 0 Å². The Morgan fingerprint density at radius 1 is 1.54 bits per heavy atom. The van der Waals surface area contributed by atoms with E-state index < -0.39 is 0 Å². The summed E-state index contributed by atoms with van der Waals surface area (Å²) < 4.78 is 4.72. The Morgan fingerprint density at radius 2 is 2.23 bits per heavy atom. The summed E-state index contributed by atoms with van der Waals surface area (Å²) in [5.74, 6) is 2.03. The third-order valence-electron chi connectivity index (χ3n) is 1.62. The molecule has 0 bridgehead atoms. The minimum Gasteiger partial charge on any atom is -0.452 e. The van der Waals surface area contributed by atoms with E-state index in [0.29, 0.717) is 6.42 Å². The number of terminal acetylenes is 1. The van der Waals surface area contributed by atoms with Crippen LogP contribution in [0.15, 0.2) is 0 Å². The molecule has 3 heteroatoms. The second kappa shape index (κ2) is 7.63. The van der Waals surface area contributed by atoms with Gasteiger partial charge >= 0.3 is 5.97 Å². The minimum absolute atomic E-state index is 0.0797. The van der Waals surface area contributed by atoms with E-state index >= 15 is 0 Å². The van der Waals surface area contributed by atoms with Gasteiger partial charge in [-0.25, -0.2) is 0 Å². The van der Waals surface area contributed by atoms with Gasteiger partial charge in [-0.2, -0.15) is 0 Å². The molecule has 0 atom stereocenters. The SMILES string of the molecule is C#CCOC(=O)CCN(C)CCC. The van der Waals surface area contributed by atoms with Gasteiger partial charge in [-0.05, 0) is 20.0 Å². The molecule has 0 aliphatic carbocycles. The number of hydrogen-bond acceptors (Lipinski definition) is 3. The molecular weight excluding hydrogens is 166 g/mol. The highest BCUT2D eigenvalue weighted by Gasteiger charge is 2.03. The van der Waals surface area contributed by atoms with Crippen molar-refractivity contribution in [3.63, 3.8) is 0 Å². The average Bonchev–Trinajstić information content (AvgIpc) is 2.12. The zero-order valence-electron chi connectivity index (χ0n) is 8.38. The van der Waals surface area contributed by atoms with Crippen molar-refractivity contribution in [1.82, 2.24) is 4.90 Å². The van der Waals surface area contributed by atoms with Crippen LogP contribution >= 0.6 is 0 Å². The van der Waals surface area contributed by atoms with Crippen LogP contribution < -0.4 is 0 Å². The van der Waals surface area contributed by atoms with Crippen molar-refractivity contribution in [3.05, 3.63) is 0 Å². The number of esters is 1. The van der Waals surface area contributed by atoms with Gasteiger partial charge in [-0.15, -0.1) is 6.42 Å². The highest BCUT2D eigenvalue weighted by molar-refractivity contribution is 5.69. The number of ether oxygens (including phenoxy) is 1. The fourth-order valence-corrected chi connectivity index (χ4v) is 0.970. The third-order valence-corrected chi connectivity index (χ3v) is 1.62. The van der Waals surface area contributed by atoms with E-state index in [0.717, 1.165) is 19.5 Å². The zero-order valence-corrected chi connectivity index (χ0v) is 8.38. The van der Waals surface area contributed by atoms with E-state index in [2.05, 4.69) is 17.7 Å². The van der Waals surface area contributed by atoms with E-state index in [4.69, 9.17) is 11.2 Å². The van der Waals surface area contributed by atoms with Crippen LogP contribution in [0, 0.1) is 12.3 Å². The molecule has 0 rings (SSSR count). The molecular formula is C10H17NO2. The van der Waals surface area contributed by atoms with Gasteiger partial charge in [-0.1, -0.05) is 12.8 Å². The lowest BCUT2D eigenvalue weighted by atomic mass is 10.3. The van der Waals surface area contributed by atoms with Gasteiger partial charge in [0, 0.05) is 6.54 Å². The number of hydrogen-bond donors (Lipinski definition) is 0. The summed E-state index contributed by atoms with van der Waals surface area (Å²) in [5.41, 5.74) is 0. The van der Waals surface area contributed by atoms with E-state index in [9.17, 15) is 4.79 Å². The number of carbonyl (C=O) groups excluding carboxylic acids is 1. The maximum Gasteiger partial charge on any atom is 0.308 e. The summed E-state index contributed by atoms with van der Waals surface area (Å²) in [6, 6.07) is 0. The molecule has 0 radical (unpaired) electrons. The van der Waals surface area contributed by atoms with Gasteiger partial charge < -0.3 is 9.64 Å². The van der Waals surface area contributed by atoms with Crippen LogP contribution in [0.5, 0.6) is 0 Å². The van der Waals surface area contributed by atoms with Crippen molar-refractivity contribution in [2.45, 2.75) is 19.8 Å². The summed E-state index contributed by atoms with van der Waals surface area (Å²) in [7, 11) is 1.98. The summed E-state index contributed by atoms with van der Waals surface area (Å²) in [4.78, 5) is 13.1. The highest BCUT2D eigenvalue weighted by atomic mass is 16.5. The monoisotopic (exact) mass is 183 g/mol. The highest BCUT2D eigenvalue weighted by Crippen LogP contribution is 1.92. The van der Waals surface area contributed by atoms with E-state index in [1.807, 2.05) is 7.05 Å². The average molecular weight is 183 g/mol. The second-order valence-electron chi connectivity index (χ2n) is 2.92. The van der Waals surface area contributed by atoms with Crippen molar-refractivity contribution in [1.29, 1.82) is 0 Å². The van der Waals surface area contributed by atoms with Crippen molar-refractivity contribution < 1.29 is 9.53 Å². The molecule has 0 heterocycles. The van der Waals surface area contributed by atoms with E-state index in [1.54, 1.807) is 0 Å². The minimum atomic E-state index is -0.221. The van der Waals surface area contributed by atoms with Gasteiger partial charge in [0.25, 0.3) is 0 Å². The Labute approximate surface area is 80.1 Å². The summed E-state index contributed by atoms with van der Waals surface area (Å²) in [6.45, 7) is 3.92. The third kappa shape index (κ3) is 7.35. The van der Waals surface area contributed by atoms with Crippen LogP contribution in [0.2, 0.25) is 0 Å². The van der Waals surface area contributed by atoms with Crippen LogP contribution in [0.4, 0.5) is 0 Å². The van der Waals surface area contributed by atoms with Gasteiger partial charge in [0.1, 0.15) is 0 Å². The summed E-state index contributed by atoms with van der Waals surface area (Å²) in [5, 5.41) is 0. The second-order valence-corrected chi connectivity index (χ2v) is 2.92. The molecule has 0 aliphatic heterocycles. The first-order chi connectivity index (χ1) is 6.20. The molecule has 3 nitrogen and oxygen atoms in total. The Balaban J connectivity index is 3.41. The maximum atomic E-state index is 11.0. The van der Waals surface area contributed by atoms with Crippen molar-refractivity contribution in [2.75, 3.05) is 26.7 Å².